The molecule has 0 N–H and O–H groups in total. The number of halogens is 2. The zero-order valence-electron chi connectivity index (χ0n) is 17.2. The van der Waals surface area contributed by atoms with E-state index in [0.717, 1.165) is 70.1 Å². The van der Waals surface area contributed by atoms with Gasteiger partial charge in [-0.25, -0.2) is 8.78 Å². The van der Waals surface area contributed by atoms with Crippen LogP contribution in [0.4, 0.5) is 8.78 Å². The molecular weight excluding hydrogens is 394 g/mol. The molecule has 1 unspecified atom stereocenters. The molecule has 1 heterocycles. The summed E-state index contributed by atoms with van der Waals surface area (Å²) in [5, 5.41) is 0. The molecule has 166 valence electrons. The van der Waals surface area contributed by atoms with Gasteiger partial charge in [0.1, 0.15) is 18.6 Å². The van der Waals surface area contributed by atoms with Crippen LogP contribution < -0.4 is 4.74 Å². The molecule has 1 atom stereocenters. The first kappa shape index (κ1) is 21.7. The highest BCUT2D eigenvalue weighted by molar-refractivity contribution is 5.75. The highest BCUT2D eigenvalue weighted by Crippen LogP contribution is 2.41. The largest absolute Gasteiger partial charge is 0.426 e. The standard InChI is InChI=1S/C23H30F2O5/c24-21-10-9-19(11-22(21)25)30-23(26)17-3-1-15(2-4-17)16-5-7-18(8-6-16)29-14-27-12-20-13-28-20/h9-11,15-18,20H,1-8,12-14H2. The van der Waals surface area contributed by atoms with Crippen LogP contribution in [-0.2, 0) is 19.0 Å². The van der Waals surface area contributed by atoms with Gasteiger partial charge in [-0.15, -0.1) is 0 Å². The molecule has 1 aromatic rings. The zero-order valence-corrected chi connectivity index (χ0v) is 17.2. The van der Waals surface area contributed by atoms with Crippen molar-refractivity contribution < 1.29 is 32.5 Å². The van der Waals surface area contributed by atoms with Gasteiger partial charge < -0.3 is 18.9 Å². The van der Waals surface area contributed by atoms with Crippen molar-refractivity contribution in [2.45, 2.75) is 63.6 Å². The lowest BCUT2D eigenvalue weighted by molar-refractivity contribution is -0.140. The van der Waals surface area contributed by atoms with E-state index in [-0.39, 0.29) is 29.8 Å². The number of carbonyl (C=O) groups is 1. The Bertz CT molecular complexity index is 708. The number of esters is 1. The summed E-state index contributed by atoms with van der Waals surface area (Å²) in [6.45, 7) is 1.77. The quantitative estimate of drug-likeness (QED) is 0.200. The van der Waals surface area contributed by atoms with Gasteiger partial charge in [0.05, 0.1) is 25.2 Å². The Kier molecular flexibility index (Phi) is 7.33. The highest BCUT2D eigenvalue weighted by Gasteiger charge is 2.34. The molecule has 30 heavy (non-hydrogen) atoms. The fourth-order valence-electron chi connectivity index (χ4n) is 4.78. The summed E-state index contributed by atoms with van der Waals surface area (Å²) < 4.78 is 48.0. The zero-order chi connectivity index (χ0) is 20.9. The Morgan fingerprint density at radius 2 is 1.63 bits per heavy atom. The third-order valence-electron chi connectivity index (χ3n) is 6.69. The summed E-state index contributed by atoms with van der Waals surface area (Å²) in [4.78, 5) is 12.4. The summed E-state index contributed by atoms with van der Waals surface area (Å²) in [5.41, 5.74) is 0. The monoisotopic (exact) mass is 424 g/mol. The van der Waals surface area contributed by atoms with Crippen molar-refractivity contribution in [1.82, 2.24) is 0 Å². The van der Waals surface area contributed by atoms with Crippen molar-refractivity contribution in [2.75, 3.05) is 20.0 Å². The third-order valence-corrected chi connectivity index (χ3v) is 6.69. The van der Waals surface area contributed by atoms with E-state index >= 15 is 0 Å². The van der Waals surface area contributed by atoms with Gasteiger partial charge in [0, 0.05) is 6.07 Å². The molecule has 1 aliphatic heterocycles. The van der Waals surface area contributed by atoms with Gasteiger partial charge in [0.2, 0.25) is 0 Å². The second-order valence-electron chi connectivity index (χ2n) is 8.76. The van der Waals surface area contributed by atoms with Crippen LogP contribution in [-0.4, -0.2) is 38.2 Å². The van der Waals surface area contributed by atoms with E-state index in [1.807, 2.05) is 0 Å². The maximum Gasteiger partial charge on any atom is 0.314 e. The molecule has 3 aliphatic rings. The molecule has 3 fully saturated rings. The molecule has 5 nitrogen and oxygen atoms in total. The van der Waals surface area contributed by atoms with Crippen LogP contribution in [0.2, 0.25) is 0 Å². The molecule has 0 amide bonds. The molecule has 2 aliphatic carbocycles. The van der Waals surface area contributed by atoms with E-state index in [4.69, 9.17) is 18.9 Å². The first-order valence-corrected chi connectivity index (χ1v) is 11.1. The van der Waals surface area contributed by atoms with Crippen LogP contribution in [0.15, 0.2) is 18.2 Å². The predicted octanol–water partition coefficient (Wildman–Crippen LogP) is 4.62. The normalized spacial score (nSPS) is 31.3. The fourth-order valence-corrected chi connectivity index (χ4v) is 4.78. The summed E-state index contributed by atoms with van der Waals surface area (Å²) >= 11 is 0. The minimum absolute atomic E-state index is 0.0629. The highest BCUT2D eigenvalue weighted by atomic mass is 19.2. The van der Waals surface area contributed by atoms with Gasteiger partial charge in [0.25, 0.3) is 0 Å². The molecule has 1 saturated heterocycles. The maximum atomic E-state index is 13.3. The molecule has 2 saturated carbocycles. The number of rotatable bonds is 8. The average molecular weight is 424 g/mol. The maximum absolute atomic E-state index is 13.3. The number of ether oxygens (including phenoxy) is 4. The number of hydrogen-bond acceptors (Lipinski definition) is 5. The van der Waals surface area contributed by atoms with Crippen LogP contribution >= 0.6 is 0 Å². The number of epoxide rings is 1. The number of benzene rings is 1. The van der Waals surface area contributed by atoms with Crippen LogP contribution in [0.25, 0.3) is 0 Å². The van der Waals surface area contributed by atoms with Gasteiger partial charge >= 0.3 is 5.97 Å². The minimum atomic E-state index is -1.01. The average Bonchev–Trinajstić information content (AvgIpc) is 3.59. The predicted molar refractivity (Wildman–Crippen MR) is 105 cm³/mol. The van der Waals surface area contributed by atoms with Crippen LogP contribution in [0, 0.1) is 29.4 Å². The van der Waals surface area contributed by atoms with Crippen molar-refractivity contribution in [3.8, 4) is 5.75 Å². The van der Waals surface area contributed by atoms with Gasteiger partial charge in [-0.1, -0.05) is 0 Å². The topological polar surface area (TPSA) is 57.3 Å². The third kappa shape index (κ3) is 5.99. The van der Waals surface area contributed by atoms with E-state index in [1.165, 1.54) is 6.07 Å². The van der Waals surface area contributed by atoms with E-state index in [9.17, 15) is 13.6 Å². The van der Waals surface area contributed by atoms with Gasteiger partial charge in [0.15, 0.2) is 11.6 Å². The number of carbonyl (C=O) groups excluding carboxylic acids is 1. The molecule has 1 aromatic carbocycles. The summed E-state index contributed by atoms with van der Waals surface area (Å²) in [7, 11) is 0. The second-order valence-corrected chi connectivity index (χ2v) is 8.76. The lowest BCUT2D eigenvalue weighted by Crippen LogP contribution is -2.31. The molecule has 7 heteroatoms. The van der Waals surface area contributed by atoms with E-state index in [1.54, 1.807) is 0 Å². The van der Waals surface area contributed by atoms with Gasteiger partial charge in [-0.3, -0.25) is 4.79 Å². The Hall–Kier alpha value is -1.57. The minimum Gasteiger partial charge on any atom is -0.426 e. The molecule has 0 radical (unpaired) electrons. The summed E-state index contributed by atoms with van der Waals surface area (Å²) in [5.74, 6) is -1.07. The molecular formula is C23H30F2O5. The Morgan fingerprint density at radius 1 is 0.967 bits per heavy atom. The van der Waals surface area contributed by atoms with E-state index < -0.39 is 11.6 Å². The Labute approximate surface area is 176 Å². The van der Waals surface area contributed by atoms with E-state index in [2.05, 4.69) is 0 Å². The molecule has 0 aromatic heterocycles. The molecule has 0 bridgehead atoms. The van der Waals surface area contributed by atoms with Crippen molar-refractivity contribution in [1.29, 1.82) is 0 Å². The van der Waals surface area contributed by atoms with Crippen LogP contribution in [0.1, 0.15) is 51.4 Å². The first-order valence-electron chi connectivity index (χ1n) is 11.1. The lowest BCUT2D eigenvalue weighted by Gasteiger charge is -2.37. The summed E-state index contributed by atoms with van der Waals surface area (Å²) in [6, 6.07) is 3.18. The Balaban J connectivity index is 1.14. The fraction of sp³-hybridized carbons (Fsp3) is 0.696. The molecule has 4 rings (SSSR count). The smallest absolute Gasteiger partial charge is 0.314 e. The van der Waals surface area contributed by atoms with Crippen LogP contribution in [0.3, 0.4) is 0 Å². The number of hydrogen-bond donors (Lipinski definition) is 0. The SMILES string of the molecule is O=C(Oc1ccc(F)c(F)c1)C1CCC(C2CCC(OCOCC3CO3)CC2)CC1. The van der Waals surface area contributed by atoms with E-state index in [0.29, 0.717) is 25.2 Å². The lowest BCUT2D eigenvalue weighted by atomic mass is 9.70. The Morgan fingerprint density at radius 3 is 2.27 bits per heavy atom. The second kappa shape index (κ2) is 10.2. The first-order chi connectivity index (χ1) is 14.6. The van der Waals surface area contributed by atoms with Gasteiger partial charge in [-0.05, 0) is 75.3 Å². The van der Waals surface area contributed by atoms with Crippen LogP contribution in [0.5, 0.6) is 5.75 Å². The van der Waals surface area contributed by atoms with Crippen molar-refractivity contribution in [3.05, 3.63) is 29.8 Å². The van der Waals surface area contributed by atoms with Gasteiger partial charge in [-0.2, -0.15) is 0 Å². The van der Waals surface area contributed by atoms with Crippen molar-refractivity contribution in [3.63, 3.8) is 0 Å². The summed E-state index contributed by atoms with van der Waals surface area (Å²) in [6.07, 6.45) is 8.60. The van der Waals surface area contributed by atoms with Crippen molar-refractivity contribution >= 4 is 5.97 Å². The molecule has 0 spiro atoms. The van der Waals surface area contributed by atoms with Crippen molar-refractivity contribution in [2.24, 2.45) is 17.8 Å².